The van der Waals surface area contributed by atoms with E-state index in [0.717, 1.165) is 0 Å². The molecule has 9 nitrogen and oxygen atoms in total. The van der Waals surface area contributed by atoms with E-state index in [1.165, 1.54) is 31.6 Å². The van der Waals surface area contributed by atoms with Gasteiger partial charge in [-0.05, 0) is 53.6 Å². The van der Waals surface area contributed by atoms with Gasteiger partial charge in [0.2, 0.25) is 0 Å². The van der Waals surface area contributed by atoms with E-state index in [4.69, 9.17) is 30.2 Å². The summed E-state index contributed by atoms with van der Waals surface area (Å²) in [6, 6.07) is 12.5. The first-order chi connectivity index (χ1) is 15.4. The molecular formula is C22H15ClN2O7. The van der Waals surface area contributed by atoms with Crippen molar-refractivity contribution < 1.29 is 28.3 Å². The Hall–Kier alpha value is -4.11. The molecule has 0 spiro atoms. The number of rotatable bonds is 7. The number of carbonyl (C=O) groups is 1. The van der Waals surface area contributed by atoms with Crippen molar-refractivity contribution in [1.29, 1.82) is 0 Å². The molecule has 2 aromatic carbocycles. The highest BCUT2D eigenvalue weighted by Gasteiger charge is 2.26. The van der Waals surface area contributed by atoms with Crippen LogP contribution in [0.2, 0.25) is 5.02 Å². The molecule has 2 heterocycles. The Labute approximate surface area is 186 Å². The lowest BCUT2D eigenvalue weighted by Crippen LogP contribution is -2.04. The fourth-order valence-corrected chi connectivity index (χ4v) is 3.18. The SMILES string of the molecule is COc1cc(/C=C2\N=C(c3ccco3)OC2=O)cc(Cl)c1OCc1ccc([N+](=O)[O-])cc1. The minimum absolute atomic E-state index is 0.00921. The van der Waals surface area contributed by atoms with Crippen molar-refractivity contribution in [3.63, 3.8) is 0 Å². The monoisotopic (exact) mass is 454 g/mol. The zero-order chi connectivity index (χ0) is 22.7. The van der Waals surface area contributed by atoms with Gasteiger partial charge >= 0.3 is 5.97 Å². The predicted octanol–water partition coefficient (Wildman–Crippen LogP) is 4.77. The van der Waals surface area contributed by atoms with E-state index in [-0.39, 0.29) is 28.9 Å². The number of furan rings is 1. The molecule has 0 amide bonds. The Morgan fingerprint density at radius 1 is 1.22 bits per heavy atom. The van der Waals surface area contributed by atoms with Crippen LogP contribution in [-0.2, 0) is 16.1 Å². The van der Waals surface area contributed by atoms with Crippen molar-refractivity contribution in [2.24, 2.45) is 4.99 Å². The molecule has 0 unspecified atom stereocenters. The van der Waals surface area contributed by atoms with Crippen LogP contribution in [-0.4, -0.2) is 23.9 Å². The number of cyclic esters (lactones) is 1. The van der Waals surface area contributed by atoms with Crippen LogP contribution in [0.15, 0.2) is 69.9 Å². The van der Waals surface area contributed by atoms with Gasteiger partial charge in [0, 0.05) is 12.1 Å². The van der Waals surface area contributed by atoms with Crippen LogP contribution in [0.25, 0.3) is 6.08 Å². The summed E-state index contributed by atoms with van der Waals surface area (Å²) in [5.74, 6) is 0.431. The Morgan fingerprint density at radius 3 is 2.66 bits per heavy atom. The summed E-state index contributed by atoms with van der Waals surface area (Å²) in [6.45, 7) is 0.123. The number of hydrogen-bond donors (Lipinski definition) is 0. The lowest BCUT2D eigenvalue weighted by atomic mass is 10.1. The van der Waals surface area contributed by atoms with Crippen molar-refractivity contribution in [3.05, 3.63) is 92.5 Å². The van der Waals surface area contributed by atoms with E-state index in [0.29, 0.717) is 28.4 Å². The maximum Gasteiger partial charge on any atom is 0.363 e. The van der Waals surface area contributed by atoms with E-state index in [9.17, 15) is 14.9 Å². The lowest BCUT2D eigenvalue weighted by Gasteiger charge is -2.13. The summed E-state index contributed by atoms with van der Waals surface area (Å²) >= 11 is 6.39. The third kappa shape index (κ3) is 4.47. The molecule has 0 radical (unpaired) electrons. The number of halogens is 1. The number of nitro groups is 1. The van der Waals surface area contributed by atoms with Crippen molar-refractivity contribution in [3.8, 4) is 11.5 Å². The predicted molar refractivity (Wildman–Crippen MR) is 115 cm³/mol. The number of hydrogen-bond acceptors (Lipinski definition) is 8. The Bertz CT molecular complexity index is 1230. The van der Waals surface area contributed by atoms with Crippen LogP contribution in [0.5, 0.6) is 11.5 Å². The lowest BCUT2D eigenvalue weighted by molar-refractivity contribution is -0.384. The first kappa shape index (κ1) is 21.1. The van der Waals surface area contributed by atoms with Gasteiger partial charge < -0.3 is 18.6 Å². The summed E-state index contributed by atoms with van der Waals surface area (Å²) in [7, 11) is 1.46. The highest BCUT2D eigenvalue weighted by molar-refractivity contribution is 6.32. The summed E-state index contributed by atoms with van der Waals surface area (Å²) in [4.78, 5) is 26.6. The van der Waals surface area contributed by atoms with Crippen molar-refractivity contribution in [1.82, 2.24) is 0 Å². The first-order valence-corrected chi connectivity index (χ1v) is 9.62. The molecule has 162 valence electrons. The highest BCUT2D eigenvalue weighted by atomic mass is 35.5. The smallest absolute Gasteiger partial charge is 0.363 e. The normalized spacial score (nSPS) is 14.2. The number of nitro benzene ring substituents is 1. The maximum atomic E-state index is 12.1. The summed E-state index contributed by atoms with van der Waals surface area (Å²) in [5.41, 5.74) is 1.33. The van der Waals surface area contributed by atoms with E-state index >= 15 is 0 Å². The molecule has 1 aliphatic rings. The van der Waals surface area contributed by atoms with E-state index in [2.05, 4.69) is 4.99 Å². The van der Waals surface area contributed by atoms with Crippen LogP contribution in [0.1, 0.15) is 16.9 Å². The molecule has 1 aliphatic heterocycles. The quantitative estimate of drug-likeness (QED) is 0.218. The van der Waals surface area contributed by atoms with E-state index in [1.54, 1.807) is 36.4 Å². The van der Waals surface area contributed by atoms with Crippen molar-refractivity contribution >= 4 is 35.2 Å². The second kappa shape index (κ2) is 8.94. The highest BCUT2D eigenvalue weighted by Crippen LogP contribution is 2.38. The van der Waals surface area contributed by atoms with Crippen LogP contribution in [0, 0.1) is 10.1 Å². The Balaban J connectivity index is 1.55. The zero-order valence-electron chi connectivity index (χ0n) is 16.6. The van der Waals surface area contributed by atoms with Gasteiger partial charge in [-0.15, -0.1) is 0 Å². The average Bonchev–Trinajstić information content (AvgIpc) is 3.43. The molecule has 32 heavy (non-hydrogen) atoms. The molecule has 0 atom stereocenters. The molecule has 0 aliphatic carbocycles. The Morgan fingerprint density at radius 2 is 2.00 bits per heavy atom. The van der Waals surface area contributed by atoms with Gasteiger partial charge in [0.15, 0.2) is 23.0 Å². The number of aliphatic imine (C=N–C) groups is 1. The second-order valence-corrected chi connectivity index (χ2v) is 6.97. The topological polar surface area (TPSA) is 113 Å². The van der Waals surface area contributed by atoms with E-state index in [1.807, 2.05) is 0 Å². The second-order valence-electron chi connectivity index (χ2n) is 6.56. The molecule has 0 bridgehead atoms. The van der Waals surface area contributed by atoms with Gasteiger partial charge in [0.25, 0.3) is 11.6 Å². The third-order valence-electron chi connectivity index (χ3n) is 4.44. The molecule has 0 saturated heterocycles. The first-order valence-electron chi connectivity index (χ1n) is 9.24. The third-order valence-corrected chi connectivity index (χ3v) is 4.72. The zero-order valence-corrected chi connectivity index (χ0v) is 17.4. The standard InChI is InChI=1S/C22H15ClN2O7/c1-29-19-11-14(10-17-22(26)32-21(24-17)18-3-2-8-30-18)9-16(23)20(19)31-12-13-4-6-15(7-5-13)25(27)28/h2-11H,12H2,1H3/b17-10-. The van der Waals surface area contributed by atoms with Crippen LogP contribution < -0.4 is 9.47 Å². The summed E-state index contributed by atoms with van der Waals surface area (Å²) in [5, 5.41) is 11.0. The summed E-state index contributed by atoms with van der Waals surface area (Å²) in [6.07, 6.45) is 2.96. The number of ether oxygens (including phenoxy) is 3. The molecule has 4 rings (SSSR count). The fraction of sp³-hybridized carbons (Fsp3) is 0.0909. The number of non-ortho nitro benzene ring substituents is 1. The number of carbonyl (C=O) groups excluding carboxylic acids is 1. The fourth-order valence-electron chi connectivity index (χ4n) is 2.91. The largest absolute Gasteiger partial charge is 0.493 e. The maximum absolute atomic E-state index is 12.1. The van der Waals surface area contributed by atoms with E-state index < -0.39 is 10.9 Å². The Kier molecular flexibility index (Phi) is 5.91. The number of benzene rings is 2. The molecule has 0 N–H and O–H groups in total. The number of methoxy groups -OCH3 is 1. The minimum atomic E-state index is -0.620. The van der Waals surface area contributed by atoms with Crippen LogP contribution in [0.4, 0.5) is 5.69 Å². The molecular weight excluding hydrogens is 440 g/mol. The van der Waals surface area contributed by atoms with Gasteiger partial charge in [-0.2, -0.15) is 0 Å². The summed E-state index contributed by atoms with van der Waals surface area (Å²) < 4.78 is 21.5. The van der Waals surface area contributed by atoms with Crippen molar-refractivity contribution in [2.45, 2.75) is 6.61 Å². The molecule has 1 aromatic heterocycles. The average molecular weight is 455 g/mol. The minimum Gasteiger partial charge on any atom is -0.493 e. The molecule has 10 heteroatoms. The van der Waals surface area contributed by atoms with Crippen LogP contribution >= 0.6 is 11.6 Å². The van der Waals surface area contributed by atoms with Gasteiger partial charge in [0.05, 0.1) is 23.3 Å². The van der Waals surface area contributed by atoms with Gasteiger partial charge in [0.1, 0.15) is 6.61 Å². The molecule has 0 saturated carbocycles. The van der Waals surface area contributed by atoms with Crippen molar-refractivity contribution in [2.75, 3.05) is 7.11 Å². The number of nitrogens with zero attached hydrogens (tertiary/aromatic N) is 2. The van der Waals surface area contributed by atoms with Gasteiger partial charge in [-0.25, -0.2) is 9.79 Å². The molecule has 3 aromatic rings. The van der Waals surface area contributed by atoms with Gasteiger partial charge in [-0.3, -0.25) is 10.1 Å². The van der Waals surface area contributed by atoms with Crippen LogP contribution in [0.3, 0.4) is 0 Å². The number of esters is 1. The molecule has 0 fully saturated rings. The van der Waals surface area contributed by atoms with Gasteiger partial charge in [-0.1, -0.05) is 11.6 Å².